The van der Waals surface area contributed by atoms with E-state index in [4.69, 9.17) is 10.9 Å². The van der Waals surface area contributed by atoms with Crippen molar-refractivity contribution in [3.8, 4) is 0 Å². The lowest BCUT2D eigenvalue weighted by Crippen LogP contribution is -2.49. The van der Waals surface area contributed by atoms with Gasteiger partial charge in [-0.1, -0.05) is 5.16 Å². The molecule has 106 valence electrons. The Morgan fingerprint density at radius 3 is 2.74 bits per heavy atom. The van der Waals surface area contributed by atoms with E-state index in [2.05, 4.69) is 15.2 Å². The third kappa shape index (κ3) is 3.03. The molecule has 0 bridgehead atoms. The maximum absolute atomic E-state index is 8.91. The Morgan fingerprint density at radius 1 is 1.58 bits per heavy atom. The zero-order chi connectivity index (χ0) is 13.9. The average molecular weight is 283 g/mol. The number of nitrogens with two attached hydrogens (primary N) is 1. The van der Waals surface area contributed by atoms with E-state index in [1.54, 1.807) is 11.8 Å². The van der Waals surface area contributed by atoms with E-state index < -0.39 is 0 Å². The summed E-state index contributed by atoms with van der Waals surface area (Å²) in [6.07, 6.45) is 7.78. The molecule has 0 radical (unpaired) electrons. The van der Waals surface area contributed by atoms with Crippen LogP contribution in [0.5, 0.6) is 0 Å². The van der Waals surface area contributed by atoms with Crippen molar-refractivity contribution in [2.24, 2.45) is 17.9 Å². The van der Waals surface area contributed by atoms with Gasteiger partial charge in [0.1, 0.15) is 0 Å². The fourth-order valence-electron chi connectivity index (χ4n) is 2.54. The van der Waals surface area contributed by atoms with Crippen LogP contribution in [0.15, 0.2) is 17.5 Å². The topological polar surface area (TPSA) is 79.7 Å². The van der Waals surface area contributed by atoms with Crippen LogP contribution in [0.2, 0.25) is 0 Å². The zero-order valence-corrected chi connectivity index (χ0v) is 12.2. The van der Waals surface area contributed by atoms with Gasteiger partial charge in [-0.3, -0.25) is 9.58 Å². The van der Waals surface area contributed by atoms with Gasteiger partial charge in [0.15, 0.2) is 5.84 Å². The number of oxime groups is 1. The molecule has 6 nitrogen and oxygen atoms in total. The summed E-state index contributed by atoms with van der Waals surface area (Å²) in [6, 6.07) is 0. The van der Waals surface area contributed by atoms with Crippen LogP contribution in [0.25, 0.3) is 0 Å². The molecule has 1 aromatic rings. The zero-order valence-electron chi connectivity index (χ0n) is 11.4. The minimum Gasteiger partial charge on any atom is -0.409 e. The molecule has 1 aliphatic rings. The molecule has 7 heteroatoms. The Kier molecular flexibility index (Phi) is 4.36. The third-order valence-electron chi connectivity index (χ3n) is 3.79. The van der Waals surface area contributed by atoms with E-state index in [0.717, 1.165) is 32.5 Å². The first-order valence-electron chi connectivity index (χ1n) is 6.32. The second-order valence-corrected chi connectivity index (χ2v) is 6.17. The minimum absolute atomic E-state index is 0.208. The second-order valence-electron chi connectivity index (χ2n) is 4.98. The van der Waals surface area contributed by atoms with E-state index in [9.17, 15) is 0 Å². The number of likely N-dealkylation sites (tertiary alicyclic amines) is 1. The summed E-state index contributed by atoms with van der Waals surface area (Å²) in [4.78, 5) is 2.39. The van der Waals surface area contributed by atoms with Crippen molar-refractivity contribution in [1.29, 1.82) is 0 Å². The van der Waals surface area contributed by atoms with Crippen molar-refractivity contribution >= 4 is 17.6 Å². The standard InChI is InChI=1S/C12H21N5OS/c1-16-8-10(7-14-16)9-17-5-3-12(19-2,4-6-17)11(13)15-18/h7-8,18H,3-6,9H2,1-2H3,(H2,13,15). The van der Waals surface area contributed by atoms with E-state index in [1.165, 1.54) is 5.56 Å². The summed E-state index contributed by atoms with van der Waals surface area (Å²) >= 11 is 1.68. The van der Waals surface area contributed by atoms with Crippen molar-refractivity contribution in [3.63, 3.8) is 0 Å². The minimum atomic E-state index is -0.208. The highest BCUT2D eigenvalue weighted by atomic mass is 32.2. The van der Waals surface area contributed by atoms with Crippen molar-refractivity contribution in [2.45, 2.75) is 24.1 Å². The van der Waals surface area contributed by atoms with Crippen molar-refractivity contribution in [1.82, 2.24) is 14.7 Å². The van der Waals surface area contributed by atoms with Gasteiger partial charge in [-0.15, -0.1) is 0 Å². The van der Waals surface area contributed by atoms with E-state index in [-0.39, 0.29) is 4.75 Å². The monoisotopic (exact) mass is 283 g/mol. The highest BCUT2D eigenvalue weighted by Crippen LogP contribution is 2.35. The van der Waals surface area contributed by atoms with Crippen LogP contribution in [0, 0.1) is 0 Å². The normalized spacial score (nSPS) is 20.6. The van der Waals surface area contributed by atoms with Crippen LogP contribution in [-0.4, -0.2) is 49.8 Å². The number of rotatable bonds is 4. The molecule has 0 amide bonds. The predicted molar refractivity (Wildman–Crippen MR) is 77.4 cm³/mol. The van der Waals surface area contributed by atoms with Crippen molar-refractivity contribution in [2.75, 3.05) is 19.3 Å². The number of aromatic nitrogens is 2. The Balaban J connectivity index is 1.95. The quantitative estimate of drug-likeness (QED) is 0.371. The number of hydrogen-bond acceptors (Lipinski definition) is 5. The van der Waals surface area contributed by atoms with Crippen LogP contribution in [-0.2, 0) is 13.6 Å². The van der Waals surface area contributed by atoms with Crippen LogP contribution in [0.3, 0.4) is 0 Å². The molecule has 0 unspecified atom stereocenters. The smallest absolute Gasteiger partial charge is 0.155 e. The first kappa shape index (κ1) is 14.2. The van der Waals surface area contributed by atoms with Gasteiger partial charge in [0.2, 0.25) is 0 Å². The van der Waals surface area contributed by atoms with Gasteiger partial charge in [-0.25, -0.2) is 0 Å². The summed E-state index contributed by atoms with van der Waals surface area (Å²) in [5, 5.41) is 16.3. The molecule has 19 heavy (non-hydrogen) atoms. The highest BCUT2D eigenvalue weighted by molar-refractivity contribution is 8.00. The van der Waals surface area contributed by atoms with Gasteiger partial charge in [-0.05, 0) is 19.1 Å². The molecule has 2 rings (SSSR count). The van der Waals surface area contributed by atoms with Gasteiger partial charge in [0.25, 0.3) is 0 Å². The summed E-state index contributed by atoms with van der Waals surface area (Å²) in [7, 11) is 1.93. The number of hydrogen-bond donors (Lipinski definition) is 2. The lowest BCUT2D eigenvalue weighted by atomic mass is 9.94. The fourth-order valence-corrected chi connectivity index (χ4v) is 3.38. The van der Waals surface area contributed by atoms with Gasteiger partial charge in [-0.2, -0.15) is 16.9 Å². The fraction of sp³-hybridized carbons (Fsp3) is 0.667. The highest BCUT2D eigenvalue weighted by Gasteiger charge is 2.38. The van der Waals surface area contributed by atoms with Crippen LogP contribution in [0.4, 0.5) is 0 Å². The van der Waals surface area contributed by atoms with E-state index in [0.29, 0.717) is 5.84 Å². The maximum Gasteiger partial charge on any atom is 0.155 e. The summed E-state index contributed by atoms with van der Waals surface area (Å²) in [5.74, 6) is 0.348. The lowest BCUT2D eigenvalue weighted by molar-refractivity contribution is 0.209. The number of nitrogens with zero attached hydrogens (tertiary/aromatic N) is 4. The number of amidine groups is 1. The number of thioether (sulfide) groups is 1. The molecule has 1 fully saturated rings. The Bertz CT molecular complexity index is 451. The van der Waals surface area contributed by atoms with Crippen molar-refractivity contribution in [3.05, 3.63) is 18.0 Å². The lowest BCUT2D eigenvalue weighted by Gasteiger charge is -2.39. The van der Waals surface area contributed by atoms with Gasteiger partial charge in [0, 0.05) is 38.4 Å². The largest absolute Gasteiger partial charge is 0.409 e. The molecule has 2 heterocycles. The second kappa shape index (κ2) is 5.83. The molecule has 0 aromatic carbocycles. The molecule has 3 N–H and O–H groups in total. The first-order chi connectivity index (χ1) is 9.09. The van der Waals surface area contributed by atoms with Crippen LogP contribution >= 0.6 is 11.8 Å². The van der Waals surface area contributed by atoms with Gasteiger partial charge >= 0.3 is 0 Å². The van der Waals surface area contributed by atoms with Gasteiger partial charge in [0.05, 0.1) is 10.9 Å². The van der Waals surface area contributed by atoms with E-state index in [1.807, 2.05) is 30.4 Å². The maximum atomic E-state index is 8.91. The van der Waals surface area contributed by atoms with Crippen LogP contribution < -0.4 is 5.73 Å². The molecule has 0 atom stereocenters. The Morgan fingerprint density at radius 2 is 2.26 bits per heavy atom. The Hall–Kier alpha value is -1.21. The molecule has 0 aliphatic carbocycles. The van der Waals surface area contributed by atoms with Gasteiger partial charge < -0.3 is 10.9 Å². The SMILES string of the molecule is CSC1(C(N)=NO)CCN(Cc2cnn(C)c2)CC1. The molecule has 1 aliphatic heterocycles. The molecular formula is C12H21N5OS. The first-order valence-corrected chi connectivity index (χ1v) is 7.55. The molecule has 0 spiro atoms. The number of aryl methyl sites for hydroxylation is 1. The third-order valence-corrected chi connectivity index (χ3v) is 5.19. The summed E-state index contributed by atoms with van der Waals surface area (Å²) < 4.78 is 1.61. The molecule has 0 saturated carbocycles. The molecule has 1 saturated heterocycles. The predicted octanol–water partition coefficient (Wildman–Crippen LogP) is 0.864. The molecule has 1 aromatic heterocycles. The average Bonchev–Trinajstić information content (AvgIpc) is 2.84. The van der Waals surface area contributed by atoms with Crippen molar-refractivity contribution < 1.29 is 5.21 Å². The summed E-state index contributed by atoms with van der Waals surface area (Å²) in [6.45, 7) is 2.81. The van der Waals surface area contributed by atoms with Crippen LogP contribution in [0.1, 0.15) is 18.4 Å². The molecular weight excluding hydrogens is 262 g/mol. The number of piperidine rings is 1. The summed E-state index contributed by atoms with van der Waals surface area (Å²) in [5.41, 5.74) is 7.07. The van der Waals surface area contributed by atoms with E-state index >= 15 is 0 Å². The Labute approximate surface area is 117 Å².